The van der Waals surface area contributed by atoms with E-state index >= 15 is 0 Å². The van der Waals surface area contributed by atoms with E-state index in [1.165, 1.54) is 56.0 Å². The van der Waals surface area contributed by atoms with E-state index in [-0.39, 0.29) is 17.1 Å². The topological polar surface area (TPSA) is 101 Å². The lowest BCUT2D eigenvalue weighted by atomic mass is 9.96. The van der Waals surface area contributed by atoms with Gasteiger partial charge in [-0.3, -0.25) is 0 Å². The number of carboxylic acids is 2. The lowest BCUT2D eigenvalue weighted by Gasteiger charge is -2.11. The van der Waals surface area contributed by atoms with E-state index in [1.807, 2.05) is 0 Å². The smallest absolute Gasteiger partial charge is 0.336 e. The average molecular weight is 378 g/mol. The summed E-state index contributed by atoms with van der Waals surface area (Å²) in [5, 5.41) is 17.1. The Morgan fingerprint density at radius 2 is 1.52 bits per heavy atom. The Kier molecular flexibility index (Phi) is 13.1. The first kappa shape index (κ1) is 24.4. The minimum absolute atomic E-state index is 0.190. The van der Waals surface area contributed by atoms with E-state index < -0.39 is 11.9 Å². The highest BCUT2D eigenvalue weighted by Crippen LogP contribution is 2.16. The van der Waals surface area contributed by atoms with Gasteiger partial charge in [0, 0.05) is 6.08 Å². The molecule has 6 heteroatoms. The van der Waals surface area contributed by atoms with Crippen LogP contribution in [0.2, 0.25) is 0 Å². The van der Waals surface area contributed by atoms with Crippen LogP contribution in [-0.4, -0.2) is 34.7 Å². The third kappa shape index (κ3) is 10.8. The van der Waals surface area contributed by atoms with E-state index in [9.17, 15) is 14.4 Å². The molecule has 0 saturated carbocycles. The number of aromatic carboxylic acids is 2. The summed E-state index contributed by atoms with van der Waals surface area (Å²) >= 11 is 0. The molecule has 0 aliphatic carbocycles. The van der Waals surface area contributed by atoms with Gasteiger partial charge < -0.3 is 14.9 Å². The minimum atomic E-state index is -1.23. The van der Waals surface area contributed by atoms with Crippen LogP contribution in [0.3, 0.4) is 0 Å². The van der Waals surface area contributed by atoms with Crippen LogP contribution in [0.25, 0.3) is 0 Å². The number of esters is 1. The summed E-state index contributed by atoms with van der Waals surface area (Å²) in [5.41, 5.74) is -0.380. The molecule has 0 saturated heterocycles. The molecule has 1 rings (SSSR count). The second-order valence-corrected chi connectivity index (χ2v) is 6.06. The highest BCUT2D eigenvalue weighted by Gasteiger charge is 2.13. The average Bonchev–Trinajstić information content (AvgIpc) is 2.67. The van der Waals surface area contributed by atoms with Crippen LogP contribution >= 0.6 is 0 Å². The Hall–Kier alpha value is -2.63. The Bertz CT molecular complexity index is 571. The van der Waals surface area contributed by atoms with Crippen molar-refractivity contribution in [3.63, 3.8) is 0 Å². The summed E-state index contributed by atoms with van der Waals surface area (Å²) in [6, 6.07) is 5.48. The van der Waals surface area contributed by atoms with Crippen LogP contribution < -0.4 is 0 Å². The number of carbonyl (C=O) groups is 3. The molecule has 0 radical (unpaired) electrons. The van der Waals surface area contributed by atoms with Gasteiger partial charge >= 0.3 is 17.9 Å². The first-order valence-corrected chi connectivity index (χ1v) is 9.22. The maximum atomic E-state index is 10.7. The molecule has 0 spiro atoms. The third-order valence-electron chi connectivity index (χ3n) is 4.21. The van der Waals surface area contributed by atoms with Gasteiger partial charge in [-0.05, 0) is 24.5 Å². The molecule has 0 amide bonds. The molecular weight excluding hydrogens is 348 g/mol. The zero-order chi connectivity index (χ0) is 20.7. The molecule has 0 bridgehead atoms. The van der Waals surface area contributed by atoms with Crippen molar-refractivity contribution in [1.29, 1.82) is 0 Å². The molecule has 0 atom stereocenters. The second-order valence-electron chi connectivity index (χ2n) is 6.06. The number of unbranched alkanes of at least 4 members (excludes halogenated alkanes) is 2. The van der Waals surface area contributed by atoms with E-state index in [0.717, 1.165) is 18.8 Å². The third-order valence-corrected chi connectivity index (χ3v) is 4.21. The molecule has 150 valence electrons. The quantitative estimate of drug-likeness (QED) is 0.326. The standard InChI is InChI=1S/C13H24O2.C8H6O4/c1-4-12(5-2)10-8-7-9-11-15-13(14)6-3;9-7(10)5-3-1-2-4-6(5)8(11)12/h6,12H,3-5,7-11H2,1-2H3;1-4H,(H,9,10)(H,11,12). The first-order valence-electron chi connectivity index (χ1n) is 9.22. The molecule has 0 fully saturated rings. The SMILES string of the molecule is C=CC(=O)OCCCCCC(CC)CC.O=C(O)c1ccccc1C(=O)O. The van der Waals surface area contributed by atoms with Crippen molar-refractivity contribution in [1.82, 2.24) is 0 Å². The zero-order valence-electron chi connectivity index (χ0n) is 16.1. The maximum absolute atomic E-state index is 10.7. The summed E-state index contributed by atoms with van der Waals surface area (Å²) < 4.78 is 4.89. The maximum Gasteiger partial charge on any atom is 0.336 e. The van der Waals surface area contributed by atoms with Crippen molar-refractivity contribution in [3.05, 3.63) is 48.0 Å². The van der Waals surface area contributed by atoms with Gasteiger partial charge in [0.2, 0.25) is 0 Å². The molecule has 0 aliphatic rings. The summed E-state index contributed by atoms with van der Waals surface area (Å²) in [7, 11) is 0. The molecule has 2 N–H and O–H groups in total. The van der Waals surface area contributed by atoms with Crippen molar-refractivity contribution in [2.24, 2.45) is 5.92 Å². The summed E-state index contributed by atoms with van der Waals surface area (Å²) in [6.45, 7) is 8.38. The van der Waals surface area contributed by atoms with Crippen molar-refractivity contribution >= 4 is 17.9 Å². The molecule has 0 aliphatic heterocycles. The highest BCUT2D eigenvalue weighted by atomic mass is 16.5. The van der Waals surface area contributed by atoms with Crippen molar-refractivity contribution in [2.45, 2.75) is 52.4 Å². The summed E-state index contributed by atoms with van der Waals surface area (Å²) in [4.78, 5) is 31.6. The molecular formula is C21H30O6. The van der Waals surface area contributed by atoms with Crippen LogP contribution in [0.1, 0.15) is 73.1 Å². The van der Waals surface area contributed by atoms with E-state index in [1.54, 1.807) is 0 Å². The molecule has 0 aromatic heterocycles. The lowest BCUT2D eigenvalue weighted by molar-refractivity contribution is -0.137. The van der Waals surface area contributed by atoms with Crippen molar-refractivity contribution in [3.8, 4) is 0 Å². The Balaban J connectivity index is 0.000000511. The molecule has 0 heterocycles. The summed E-state index contributed by atoms with van der Waals surface area (Å²) in [5.74, 6) is -1.89. The minimum Gasteiger partial charge on any atom is -0.478 e. The lowest BCUT2D eigenvalue weighted by Crippen LogP contribution is -2.06. The van der Waals surface area contributed by atoms with Gasteiger partial charge in [-0.15, -0.1) is 0 Å². The van der Waals surface area contributed by atoms with E-state index in [2.05, 4.69) is 20.4 Å². The molecule has 27 heavy (non-hydrogen) atoms. The van der Waals surface area contributed by atoms with Gasteiger partial charge in [-0.1, -0.05) is 64.7 Å². The van der Waals surface area contributed by atoms with Crippen LogP contribution in [0.5, 0.6) is 0 Å². The van der Waals surface area contributed by atoms with Crippen LogP contribution in [0.4, 0.5) is 0 Å². The van der Waals surface area contributed by atoms with E-state index in [4.69, 9.17) is 14.9 Å². The Morgan fingerprint density at radius 1 is 1.00 bits per heavy atom. The largest absolute Gasteiger partial charge is 0.478 e. The number of hydrogen-bond acceptors (Lipinski definition) is 4. The van der Waals surface area contributed by atoms with Crippen LogP contribution in [0.15, 0.2) is 36.9 Å². The molecule has 0 unspecified atom stereocenters. The normalized spacial score (nSPS) is 9.89. The second kappa shape index (κ2) is 14.5. The monoisotopic (exact) mass is 378 g/mol. The molecule has 1 aromatic carbocycles. The predicted molar refractivity (Wildman–Crippen MR) is 104 cm³/mol. The number of ether oxygens (including phenoxy) is 1. The molecule has 1 aromatic rings. The van der Waals surface area contributed by atoms with Gasteiger partial charge in [-0.2, -0.15) is 0 Å². The fourth-order valence-electron chi connectivity index (χ4n) is 2.50. The first-order chi connectivity index (χ1) is 12.9. The molecule has 6 nitrogen and oxygen atoms in total. The predicted octanol–water partition coefficient (Wildman–Crippen LogP) is 4.80. The van der Waals surface area contributed by atoms with Crippen LogP contribution in [0, 0.1) is 5.92 Å². The van der Waals surface area contributed by atoms with Gasteiger partial charge in [0.15, 0.2) is 0 Å². The number of carboxylic acid groups (broad SMARTS) is 2. The van der Waals surface area contributed by atoms with E-state index in [0.29, 0.717) is 6.61 Å². The van der Waals surface area contributed by atoms with Gasteiger partial charge in [0.25, 0.3) is 0 Å². The Morgan fingerprint density at radius 3 is 1.93 bits per heavy atom. The van der Waals surface area contributed by atoms with Gasteiger partial charge in [0.05, 0.1) is 17.7 Å². The highest BCUT2D eigenvalue weighted by molar-refractivity contribution is 6.01. The number of carbonyl (C=O) groups excluding carboxylic acids is 1. The van der Waals surface area contributed by atoms with Gasteiger partial charge in [-0.25, -0.2) is 14.4 Å². The zero-order valence-corrected chi connectivity index (χ0v) is 16.1. The van der Waals surface area contributed by atoms with Crippen molar-refractivity contribution in [2.75, 3.05) is 6.61 Å². The number of hydrogen-bond donors (Lipinski definition) is 2. The van der Waals surface area contributed by atoms with Crippen LogP contribution in [-0.2, 0) is 9.53 Å². The number of rotatable bonds is 11. The Labute approximate surface area is 160 Å². The van der Waals surface area contributed by atoms with Gasteiger partial charge in [0.1, 0.15) is 0 Å². The number of benzene rings is 1. The summed E-state index contributed by atoms with van der Waals surface area (Å²) in [6.07, 6.45) is 8.45. The fraction of sp³-hybridized carbons (Fsp3) is 0.476. The van der Waals surface area contributed by atoms with Crippen molar-refractivity contribution < 1.29 is 29.3 Å². The fourth-order valence-corrected chi connectivity index (χ4v) is 2.50.